The number of hydrogen-bond donors (Lipinski definition) is 0. The van der Waals surface area contributed by atoms with Crippen LogP contribution in [0, 0.1) is 0 Å². The van der Waals surface area contributed by atoms with Crippen LogP contribution in [0.25, 0.3) is 0 Å². The predicted molar refractivity (Wildman–Crippen MR) is 108 cm³/mol. The van der Waals surface area contributed by atoms with Crippen molar-refractivity contribution >= 4 is 11.9 Å². The first kappa shape index (κ1) is 20.1. The summed E-state index contributed by atoms with van der Waals surface area (Å²) in [6.07, 6.45) is 4.94. The molecule has 0 unspecified atom stereocenters. The van der Waals surface area contributed by atoms with Gasteiger partial charge in [-0.15, -0.1) is 0 Å². The van der Waals surface area contributed by atoms with Crippen LogP contribution >= 0.6 is 0 Å². The fourth-order valence-electron chi connectivity index (χ4n) is 3.94. The first-order valence-electron chi connectivity index (χ1n) is 10.1. The summed E-state index contributed by atoms with van der Waals surface area (Å²) in [7, 11) is 0. The molecule has 2 aromatic carbocycles. The Morgan fingerprint density at radius 3 is 2.21 bits per heavy atom. The van der Waals surface area contributed by atoms with E-state index in [-0.39, 0.29) is 24.0 Å². The van der Waals surface area contributed by atoms with Gasteiger partial charge in [-0.05, 0) is 29.5 Å². The third kappa shape index (κ3) is 5.22. The van der Waals surface area contributed by atoms with E-state index in [4.69, 9.17) is 9.47 Å². The molecule has 2 aromatic rings. The summed E-state index contributed by atoms with van der Waals surface area (Å²) in [5, 5.41) is 0. The zero-order chi connectivity index (χ0) is 19.8. The molecule has 4 heteroatoms. The Balaban J connectivity index is 1.67. The number of carbonyl (C=O) groups excluding carboxylic acids is 2. The van der Waals surface area contributed by atoms with Crippen LogP contribution < -0.4 is 0 Å². The van der Waals surface area contributed by atoms with E-state index in [1.54, 1.807) is 6.92 Å². The average molecular weight is 380 g/mol. The van der Waals surface area contributed by atoms with Gasteiger partial charge in [0.05, 0.1) is 6.42 Å². The molecule has 0 amide bonds. The first-order chi connectivity index (χ1) is 13.6. The Morgan fingerprint density at radius 1 is 0.857 bits per heavy atom. The van der Waals surface area contributed by atoms with E-state index in [1.165, 1.54) is 0 Å². The average Bonchev–Trinajstić information content (AvgIpc) is 3.21. The van der Waals surface area contributed by atoms with Gasteiger partial charge in [0.1, 0.15) is 13.2 Å². The Bertz CT molecular complexity index is 791. The summed E-state index contributed by atoms with van der Waals surface area (Å²) < 4.78 is 10.8. The molecule has 148 valence electrons. The second-order valence-electron chi connectivity index (χ2n) is 7.53. The minimum absolute atomic E-state index is 0.159. The highest BCUT2D eigenvalue weighted by atomic mass is 16.5. The van der Waals surface area contributed by atoms with Crippen LogP contribution in [0.4, 0.5) is 0 Å². The van der Waals surface area contributed by atoms with Crippen molar-refractivity contribution in [3.05, 3.63) is 71.3 Å². The maximum atomic E-state index is 12.6. The summed E-state index contributed by atoms with van der Waals surface area (Å²) in [4.78, 5) is 24.0. The van der Waals surface area contributed by atoms with E-state index in [1.807, 2.05) is 42.5 Å². The summed E-state index contributed by atoms with van der Waals surface area (Å²) >= 11 is 0. The highest BCUT2D eigenvalue weighted by Crippen LogP contribution is 2.44. The van der Waals surface area contributed by atoms with Crippen LogP contribution in [-0.2, 0) is 37.7 Å². The molecule has 0 spiro atoms. The van der Waals surface area contributed by atoms with Gasteiger partial charge in [0.25, 0.3) is 0 Å². The molecule has 0 N–H and O–H groups in total. The normalized spacial score (nSPS) is 15.2. The maximum Gasteiger partial charge on any atom is 0.307 e. The molecule has 0 radical (unpaired) electrons. The Morgan fingerprint density at radius 2 is 1.50 bits per heavy atom. The number of hydrogen-bond acceptors (Lipinski definition) is 4. The summed E-state index contributed by atoms with van der Waals surface area (Å²) in [6.45, 7) is 2.37. The van der Waals surface area contributed by atoms with E-state index < -0.39 is 0 Å². The van der Waals surface area contributed by atoms with Gasteiger partial charge >= 0.3 is 11.9 Å². The topological polar surface area (TPSA) is 52.6 Å². The van der Waals surface area contributed by atoms with Crippen molar-refractivity contribution in [1.82, 2.24) is 0 Å². The molecule has 0 atom stereocenters. The highest BCUT2D eigenvalue weighted by molar-refractivity contribution is 5.72. The molecule has 3 rings (SSSR count). The quantitative estimate of drug-likeness (QED) is 0.599. The van der Waals surface area contributed by atoms with Crippen molar-refractivity contribution in [2.24, 2.45) is 0 Å². The first-order valence-corrected chi connectivity index (χ1v) is 10.1. The third-order valence-electron chi connectivity index (χ3n) is 5.51. The fraction of sp³-hybridized carbons (Fsp3) is 0.417. The van der Waals surface area contributed by atoms with E-state index >= 15 is 0 Å². The molecule has 0 saturated heterocycles. The monoisotopic (exact) mass is 380 g/mol. The summed E-state index contributed by atoms with van der Waals surface area (Å²) in [6, 6.07) is 17.9. The van der Waals surface area contributed by atoms with Crippen LogP contribution in [0.1, 0.15) is 62.1 Å². The van der Waals surface area contributed by atoms with Gasteiger partial charge < -0.3 is 9.47 Å². The third-order valence-corrected chi connectivity index (χ3v) is 5.51. The summed E-state index contributed by atoms with van der Waals surface area (Å²) in [5.41, 5.74) is 2.92. The largest absolute Gasteiger partial charge is 0.461 e. The van der Waals surface area contributed by atoms with Crippen molar-refractivity contribution in [3.63, 3.8) is 0 Å². The second kappa shape index (κ2) is 9.54. The SMILES string of the molecule is CCC(=O)OCc1cccc(C2(CC(=O)OCc3ccccc3)CCCC2)c1. The molecule has 0 aliphatic heterocycles. The van der Waals surface area contributed by atoms with Crippen LogP contribution in [-0.4, -0.2) is 11.9 Å². The fourth-order valence-corrected chi connectivity index (χ4v) is 3.94. The number of rotatable bonds is 8. The molecule has 0 heterocycles. The lowest BCUT2D eigenvalue weighted by molar-refractivity contribution is -0.146. The smallest absolute Gasteiger partial charge is 0.307 e. The minimum atomic E-state index is -0.203. The van der Waals surface area contributed by atoms with Gasteiger partial charge in [0, 0.05) is 11.8 Å². The molecule has 0 bridgehead atoms. The second-order valence-corrected chi connectivity index (χ2v) is 7.53. The van der Waals surface area contributed by atoms with Crippen LogP contribution in [0.5, 0.6) is 0 Å². The highest BCUT2D eigenvalue weighted by Gasteiger charge is 2.38. The van der Waals surface area contributed by atoms with Crippen LogP contribution in [0.2, 0.25) is 0 Å². The van der Waals surface area contributed by atoms with Crippen molar-refractivity contribution in [1.29, 1.82) is 0 Å². The van der Waals surface area contributed by atoms with Gasteiger partial charge in [-0.1, -0.05) is 74.4 Å². The van der Waals surface area contributed by atoms with Crippen LogP contribution in [0.3, 0.4) is 0 Å². The molecule has 1 aliphatic rings. The maximum absolute atomic E-state index is 12.6. The Kier molecular flexibility index (Phi) is 6.85. The predicted octanol–water partition coefficient (Wildman–Crippen LogP) is 5.09. The van der Waals surface area contributed by atoms with Gasteiger partial charge in [-0.2, -0.15) is 0 Å². The van der Waals surface area contributed by atoms with Crippen molar-refractivity contribution in [2.75, 3.05) is 0 Å². The van der Waals surface area contributed by atoms with Gasteiger partial charge in [-0.25, -0.2) is 0 Å². The van der Waals surface area contributed by atoms with Crippen LogP contribution in [0.15, 0.2) is 54.6 Å². The number of carbonyl (C=O) groups is 2. The molecule has 28 heavy (non-hydrogen) atoms. The molecule has 1 saturated carbocycles. The molecule has 1 aliphatic carbocycles. The molecule has 1 fully saturated rings. The molecular weight excluding hydrogens is 352 g/mol. The Labute approximate surface area is 166 Å². The lowest BCUT2D eigenvalue weighted by Crippen LogP contribution is -2.27. The lowest BCUT2D eigenvalue weighted by atomic mass is 9.75. The lowest BCUT2D eigenvalue weighted by Gasteiger charge is -2.29. The molecular formula is C24H28O4. The van der Waals surface area contributed by atoms with Gasteiger partial charge in [0.2, 0.25) is 0 Å². The summed E-state index contributed by atoms with van der Waals surface area (Å²) in [5.74, 6) is -0.362. The van der Waals surface area contributed by atoms with E-state index in [2.05, 4.69) is 12.1 Å². The van der Waals surface area contributed by atoms with Crippen molar-refractivity contribution < 1.29 is 19.1 Å². The Hall–Kier alpha value is -2.62. The number of benzene rings is 2. The van der Waals surface area contributed by atoms with Crippen molar-refractivity contribution in [3.8, 4) is 0 Å². The standard InChI is InChI=1S/C24H28O4/c1-2-22(25)27-18-20-11-8-12-21(15-20)24(13-6-7-14-24)16-23(26)28-17-19-9-4-3-5-10-19/h3-5,8-12,15H,2,6-7,13-14,16-18H2,1H3. The van der Waals surface area contributed by atoms with Crippen molar-refractivity contribution in [2.45, 2.75) is 64.1 Å². The zero-order valence-corrected chi connectivity index (χ0v) is 16.5. The zero-order valence-electron chi connectivity index (χ0n) is 16.5. The molecule has 0 aromatic heterocycles. The number of ether oxygens (including phenoxy) is 2. The minimum Gasteiger partial charge on any atom is -0.461 e. The van der Waals surface area contributed by atoms with Gasteiger partial charge in [0.15, 0.2) is 0 Å². The number of esters is 2. The van der Waals surface area contributed by atoms with E-state index in [9.17, 15) is 9.59 Å². The van der Waals surface area contributed by atoms with E-state index in [0.29, 0.717) is 19.4 Å². The van der Waals surface area contributed by atoms with E-state index in [0.717, 1.165) is 42.4 Å². The molecule has 4 nitrogen and oxygen atoms in total. The van der Waals surface area contributed by atoms with Gasteiger partial charge in [-0.3, -0.25) is 9.59 Å².